The number of rotatable bonds is 5. The Hall–Kier alpha value is -5.08. The zero-order valence-corrected chi connectivity index (χ0v) is 26.3. The van der Waals surface area contributed by atoms with E-state index in [1.54, 1.807) is 0 Å². The highest BCUT2D eigenvalue weighted by molar-refractivity contribution is 8.17. The zero-order valence-electron chi connectivity index (χ0n) is 24.6. The van der Waals surface area contributed by atoms with Crippen molar-refractivity contribution in [1.82, 2.24) is 0 Å². The number of aryl methyl sites for hydroxylation is 1. The molecule has 1 atom stereocenters. The lowest BCUT2D eigenvalue weighted by Gasteiger charge is -2.14. The molecule has 45 heavy (non-hydrogen) atoms. The van der Waals surface area contributed by atoms with Crippen LogP contribution in [0.5, 0.6) is 11.5 Å². The Morgan fingerprint density at radius 2 is 1.09 bits per heavy atom. The van der Waals surface area contributed by atoms with Gasteiger partial charge in [0.05, 0.1) is 0 Å². The molecule has 0 spiro atoms. The Morgan fingerprint density at radius 3 is 1.80 bits per heavy atom. The van der Waals surface area contributed by atoms with Crippen molar-refractivity contribution in [2.75, 3.05) is 0 Å². The van der Waals surface area contributed by atoms with Gasteiger partial charge in [0.2, 0.25) is 5.12 Å². The average molecular weight is 616 g/mol. The lowest BCUT2D eigenvalue weighted by atomic mass is 9.93. The molecular formula is C41H28O2PS+. The third kappa shape index (κ3) is 5.11. The van der Waals surface area contributed by atoms with E-state index >= 15 is 0 Å². The first-order valence-corrected chi connectivity index (χ1v) is 17.3. The first-order chi connectivity index (χ1) is 22.1. The predicted octanol–water partition coefficient (Wildman–Crippen LogP) is 13.4. The normalized spacial score (nSPS) is 11.7. The molecule has 0 saturated heterocycles. The highest BCUT2D eigenvalue weighted by atomic mass is 32.4. The lowest BCUT2D eigenvalue weighted by Crippen LogP contribution is -1.92. The SMILES string of the molecule is Cc1c(Oc2cc(-c3cc(-c4ccccc4)cc(-c4ccccc4)c3)cc3oc4ccccc4[p+](=S)c23)ccc2ccccc12. The summed E-state index contributed by atoms with van der Waals surface area (Å²) in [7, 11) is 0. The fraction of sp³-hybridized carbons (Fsp3) is 0.0244. The molecule has 1 aromatic heterocycles. The average Bonchev–Trinajstić information content (AvgIpc) is 3.10. The van der Waals surface area contributed by atoms with E-state index in [4.69, 9.17) is 21.0 Å². The van der Waals surface area contributed by atoms with Gasteiger partial charge < -0.3 is 9.15 Å². The molecule has 0 N–H and O–H groups in total. The maximum atomic E-state index is 6.86. The van der Waals surface area contributed by atoms with Gasteiger partial charge in [-0.15, -0.1) is 0 Å². The molecule has 8 rings (SSSR count). The highest BCUT2D eigenvalue weighted by Gasteiger charge is 2.23. The Labute approximate surface area is 267 Å². The molecule has 2 nitrogen and oxygen atoms in total. The number of ether oxygens (including phenoxy) is 1. The number of hydrogen-bond acceptors (Lipinski definition) is 3. The molecule has 0 radical (unpaired) electrons. The number of fused-ring (bicyclic) bond motifs is 3. The molecule has 0 aliphatic rings. The summed E-state index contributed by atoms with van der Waals surface area (Å²) >= 11 is 6.25. The van der Waals surface area contributed by atoms with Crippen molar-refractivity contribution in [3.8, 4) is 44.9 Å². The number of benzene rings is 7. The van der Waals surface area contributed by atoms with Gasteiger partial charge in [0, 0.05) is 0 Å². The van der Waals surface area contributed by atoms with Crippen molar-refractivity contribution < 1.29 is 9.15 Å². The van der Waals surface area contributed by atoms with Crippen molar-refractivity contribution in [2.24, 2.45) is 0 Å². The molecule has 0 aliphatic heterocycles. The molecule has 8 aromatic rings. The molecule has 7 aromatic carbocycles. The van der Waals surface area contributed by atoms with Crippen LogP contribution in [0.1, 0.15) is 5.56 Å². The first-order valence-electron chi connectivity index (χ1n) is 15.0. The van der Waals surface area contributed by atoms with Gasteiger partial charge in [-0.3, -0.25) is 0 Å². The minimum Gasteiger partial charge on any atom is -0.452 e. The smallest absolute Gasteiger partial charge is 0.262 e. The van der Waals surface area contributed by atoms with Crippen LogP contribution < -0.4 is 4.74 Å². The summed E-state index contributed by atoms with van der Waals surface area (Å²) in [5.74, 6) is 1.55. The van der Waals surface area contributed by atoms with Crippen molar-refractivity contribution in [1.29, 1.82) is 0 Å². The largest absolute Gasteiger partial charge is 0.452 e. The summed E-state index contributed by atoms with van der Waals surface area (Å²) in [4.78, 5) is 0. The second-order valence-corrected chi connectivity index (χ2v) is 13.8. The van der Waals surface area contributed by atoms with E-state index in [9.17, 15) is 0 Å². The minimum absolute atomic E-state index is 0.739. The monoisotopic (exact) mass is 615 g/mol. The molecule has 0 amide bonds. The van der Waals surface area contributed by atoms with Gasteiger partial charge in [0.25, 0.3) is 11.4 Å². The quantitative estimate of drug-likeness (QED) is 0.180. The predicted molar refractivity (Wildman–Crippen MR) is 193 cm³/mol. The molecule has 1 unspecified atom stereocenters. The van der Waals surface area contributed by atoms with Crippen LogP contribution in [0.4, 0.5) is 0 Å². The molecule has 4 heteroatoms. The Bertz CT molecular complexity index is 2370. The van der Waals surface area contributed by atoms with Crippen LogP contribution in [-0.2, 0) is 0 Å². The van der Waals surface area contributed by atoms with E-state index in [0.29, 0.717) is 0 Å². The summed E-state index contributed by atoms with van der Waals surface area (Å²) < 4.78 is 13.5. The van der Waals surface area contributed by atoms with E-state index < -0.39 is 6.31 Å². The third-order valence-corrected chi connectivity index (χ3v) is 11.2. The summed E-state index contributed by atoms with van der Waals surface area (Å²) in [5, 5.41) is 4.34. The summed E-state index contributed by atoms with van der Waals surface area (Å²) in [6.07, 6.45) is -1.12. The summed E-state index contributed by atoms with van der Waals surface area (Å²) in [6.45, 7) is 2.12. The van der Waals surface area contributed by atoms with Crippen molar-refractivity contribution in [3.63, 3.8) is 0 Å². The third-order valence-electron chi connectivity index (χ3n) is 8.40. The fourth-order valence-corrected chi connectivity index (χ4v) is 8.48. The molecule has 0 saturated carbocycles. The molecule has 1 heterocycles. The fourth-order valence-electron chi connectivity index (χ4n) is 6.08. The molecule has 214 valence electrons. The van der Waals surface area contributed by atoms with Crippen LogP contribution >= 0.6 is 18.1 Å². The van der Waals surface area contributed by atoms with Gasteiger partial charge in [-0.25, -0.2) is 0 Å². The van der Waals surface area contributed by atoms with Crippen molar-refractivity contribution >= 4 is 50.3 Å². The molecule has 0 fully saturated rings. The minimum atomic E-state index is -1.12. The van der Waals surface area contributed by atoms with Gasteiger partial charge in [0.15, 0.2) is 28.7 Å². The Kier molecular flexibility index (Phi) is 6.99. The topological polar surface area (TPSA) is 22.4 Å². The zero-order chi connectivity index (χ0) is 30.3. The number of hydrogen-bond donors (Lipinski definition) is 0. The highest BCUT2D eigenvalue weighted by Crippen LogP contribution is 2.48. The van der Waals surface area contributed by atoms with Crippen LogP contribution in [-0.4, -0.2) is 0 Å². The van der Waals surface area contributed by atoms with Crippen LogP contribution in [0.2, 0.25) is 0 Å². The van der Waals surface area contributed by atoms with Crippen LogP contribution in [0, 0.1) is 6.92 Å². The van der Waals surface area contributed by atoms with Gasteiger partial charge in [0.1, 0.15) is 5.75 Å². The van der Waals surface area contributed by atoms with Crippen molar-refractivity contribution in [3.05, 3.63) is 157 Å². The summed E-state index contributed by atoms with van der Waals surface area (Å²) in [6, 6.07) is 52.8. The number of para-hydroxylation sites is 1. The van der Waals surface area contributed by atoms with E-state index in [-0.39, 0.29) is 0 Å². The van der Waals surface area contributed by atoms with E-state index in [2.05, 4.69) is 140 Å². The second-order valence-electron chi connectivity index (χ2n) is 11.2. The van der Waals surface area contributed by atoms with Gasteiger partial charge in [-0.2, -0.15) is 0 Å². The second kappa shape index (κ2) is 11.4. The standard InChI is InChI=1S/C41H28O2PS/c1-27-35-17-9-8-16-30(35)20-21-36(27)42-38-25-34(26-39-41(38)44(45)40-19-11-10-18-37(40)43-39)33-23-31(28-12-4-2-5-13-28)22-32(24-33)29-14-6-3-7-15-29/h2-26H,1H3/q+1. The van der Waals surface area contributed by atoms with Crippen LogP contribution in [0.25, 0.3) is 65.6 Å². The van der Waals surface area contributed by atoms with Crippen LogP contribution in [0.15, 0.2) is 156 Å². The molecular weight excluding hydrogens is 587 g/mol. The van der Waals surface area contributed by atoms with E-state index in [1.807, 2.05) is 18.2 Å². The van der Waals surface area contributed by atoms with Crippen molar-refractivity contribution in [2.45, 2.75) is 6.92 Å². The lowest BCUT2D eigenvalue weighted by molar-refractivity contribution is 0.485. The van der Waals surface area contributed by atoms with Gasteiger partial charge in [-0.1, -0.05) is 103 Å². The van der Waals surface area contributed by atoms with E-state index in [1.165, 1.54) is 10.8 Å². The Balaban J connectivity index is 1.38. The summed E-state index contributed by atoms with van der Waals surface area (Å²) in [5.41, 5.74) is 9.38. The maximum absolute atomic E-state index is 6.86. The molecule has 0 bridgehead atoms. The van der Waals surface area contributed by atoms with Gasteiger partial charge in [-0.05, 0) is 105 Å². The van der Waals surface area contributed by atoms with E-state index in [0.717, 1.165) is 71.8 Å². The Morgan fingerprint density at radius 1 is 0.511 bits per heavy atom. The molecule has 0 aliphatic carbocycles. The maximum Gasteiger partial charge on any atom is 0.262 e. The first kappa shape index (κ1) is 27.5. The van der Waals surface area contributed by atoms with Gasteiger partial charge >= 0.3 is 0 Å². The van der Waals surface area contributed by atoms with Crippen LogP contribution in [0.3, 0.4) is 0 Å².